The maximum absolute atomic E-state index is 12.6. The number of hydrogen-bond donors (Lipinski definition) is 1. The molecule has 138 valence electrons. The Morgan fingerprint density at radius 2 is 2.08 bits per heavy atom. The van der Waals surface area contributed by atoms with Crippen molar-refractivity contribution in [1.82, 2.24) is 14.7 Å². The molecule has 3 rings (SSSR count). The van der Waals surface area contributed by atoms with E-state index >= 15 is 0 Å². The quantitative estimate of drug-likeness (QED) is 0.878. The van der Waals surface area contributed by atoms with Gasteiger partial charge in [0, 0.05) is 25.2 Å². The Morgan fingerprint density at radius 1 is 1.31 bits per heavy atom. The molecule has 1 aliphatic rings. The van der Waals surface area contributed by atoms with Crippen molar-refractivity contribution in [3.05, 3.63) is 47.8 Å². The Bertz CT molecular complexity index is 824. The van der Waals surface area contributed by atoms with Gasteiger partial charge in [0.25, 0.3) is 5.91 Å². The number of halogens is 2. The monoisotopic (exact) mass is 365 g/mol. The summed E-state index contributed by atoms with van der Waals surface area (Å²) in [5.74, 6) is -2.23. The fourth-order valence-electron chi connectivity index (χ4n) is 3.15. The number of carboxylic acid groups (broad SMARTS) is 1. The number of carbonyl (C=O) groups is 2. The van der Waals surface area contributed by atoms with Crippen LogP contribution in [0.3, 0.4) is 0 Å². The van der Waals surface area contributed by atoms with Crippen molar-refractivity contribution >= 4 is 11.9 Å². The maximum atomic E-state index is 12.6. The Balaban J connectivity index is 1.84. The Kier molecular flexibility index (Phi) is 4.88. The molecule has 0 bridgehead atoms. The first-order valence-corrected chi connectivity index (χ1v) is 7.90. The summed E-state index contributed by atoms with van der Waals surface area (Å²) in [5, 5.41) is 13.1. The van der Waals surface area contributed by atoms with Gasteiger partial charge in [-0.2, -0.15) is 13.9 Å². The molecule has 1 fully saturated rings. The molecule has 1 saturated heterocycles. The van der Waals surface area contributed by atoms with Crippen LogP contribution in [0.1, 0.15) is 28.5 Å². The van der Waals surface area contributed by atoms with Crippen molar-refractivity contribution < 1.29 is 28.2 Å². The number of hydrogen-bond acceptors (Lipinski definition) is 4. The number of rotatable bonds is 5. The lowest BCUT2D eigenvalue weighted by atomic mass is 9.89. The smallest absolute Gasteiger partial charge is 0.333 e. The molecule has 0 aliphatic carbocycles. The Hall–Kier alpha value is -2.97. The largest absolute Gasteiger partial charge is 0.497 e. The number of likely N-dealkylation sites (tertiary alicyclic amines) is 1. The van der Waals surface area contributed by atoms with Crippen molar-refractivity contribution in [3.8, 4) is 5.75 Å². The first kappa shape index (κ1) is 17.8. The van der Waals surface area contributed by atoms with E-state index in [1.165, 1.54) is 18.1 Å². The van der Waals surface area contributed by atoms with Gasteiger partial charge >= 0.3 is 12.5 Å². The third-order valence-corrected chi connectivity index (χ3v) is 4.47. The van der Waals surface area contributed by atoms with Crippen LogP contribution in [0.4, 0.5) is 8.78 Å². The van der Waals surface area contributed by atoms with Crippen LogP contribution in [0, 0.1) is 5.92 Å². The summed E-state index contributed by atoms with van der Waals surface area (Å²) < 4.78 is 30.8. The van der Waals surface area contributed by atoms with E-state index in [0.717, 1.165) is 11.8 Å². The molecule has 2 heterocycles. The van der Waals surface area contributed by atoms with Crippen LogP contribution in [-0.4, -0.2) is 51.9 Å². The van der Waals surface area contributed by atoms with Crippen molar-refractivity contribution in [2.45, 2.75) is 12.5 Å². The van der Waals surface area contributed by atoms with Crippen LogP contribution in [0.25, 0.3) is 0 Å². The normalized spacial score (nSPS) is 19.8. The van der Waals surface area contributed by atoms with Gasteiger partial charge in [-0.15, -0.1) is 0 Å². The average Bonchev–Trinajstić information content (AvgIpc) is 3.28. The van der Waals surface area contributed by atoms with Gasteiger partial charge in [-0.3, -0.25) is 9.59 Å². The highest BCUT2D eigenvalue weighted by Crippen LogP contribution is 2.35. The molecular weight excluding hydrogens is 348 g/mol. The van der Waals surface area contributed by atoms with E-state index in [0.29, 0.717) is 10.4 Å². The van der Waals surface area contributed by atoms with Gasteiger partial charge in [-0.05, 0) is 23.8 Å². The first-order chi connectivity index (χ1) is 12.4. The topological polar surface area (TPSA) is 84.7 Å². The van der Waals surface area contributed by atoms with Crippen LogP contribution in [0.15, 0.2) is 36.5 Å². The molecule has 0 unspecified atom stereocenters. The van der Waals surface area contributed by atoms with E-state index in [-0.39, 0.29) is 18.8 Å². The number of aromatic nitrogens is 2. The molecule has 0 radical (unpaired) electrons. The molecular formula is C17H17F2N3O4. The van der Waals surface area contributed by atoms with E-state index in [1.807, 2.05) is 0 Å². The minimum absolute atomic E-state index is 0.0163. The number of alkyl halides is 2. The van der Waals surface area contributed by atoms with Crippen LogP contribution >= 0.6 is 0 Å². The number of ether oxygens (including phenoxy) is 1. The van der Waals surface area contributed by atoms with Crippen LogP contribution in [0.5, 0.6) is 5.75 Å². The third-order valence-electron chi connectivity index (χ3n) is 4.47. The summed E-state index contributed by atoms with van der Waals surface area (Å²) >= 11 is 0. The molecule has 1 amide bonds. The van der Waals surface area contributed by atoms with Crippen molar-refractivity contribution in [1.29, 1.82) is 0 Å². The molecule has 9 heteroatoms. The zero-order chi connectivity index (χ0) is 18.8. The number of amides is 1. The number of carboxylic acids is 1. The van der Waals surface area contributed by atoms with Gasteiger partial charge in [0.1, 0.15) is 5.75 Å². The molecule has 2 aromatic rings. The second-order valence-electron chi connectivity index (χ2n) is 6.00. The highest BCUT2D eigenvalue weighted by molar-refractivity contribution is 5.93. The Labute approximate surface area is 147 Å². The first-order valence-electron chi connectivity index (χ1n) is 7.90. The molecule has 26 heavy (non-hydrogen) atoms. The number of nitrogens with zero attached hydrogens (tertiary/aromatic N) is 3. The zero-order valence-electron chi connectivity index (χ0n) is 13.9. The fraction of sp³-hybridized carbons (Fsp3) is 0.353. The van der Waals surface area contributed by atoms with Gasteiger partial charge in [-0.25, -0.2) is 4.68 Å². The minimum Gasteiger partial charge on any atom is -0.497 e. The lowest BCUT2D eigenvalue weighted by Crippen LogP contribution is -2.30. The van der Waals surface area contributed by atoms with Crippen molar-refractivity contribution in [3.63, 3.8) is 0 Å². The van der Waals surface area contributed by atoms with E-state index in [2.05, 4.69) is 5.10 Å². The summed E-state index contributed by atoms with van der Waals surface area (Å²) in [5.41, 5.74) is 0.603. The Morgan fingerprint density at radius 3 is 2.69 bits per heavy atom. The molecule has 2 atom stereocenters. The molecule has 7 nitrogen and oxygen atoms in total. The molecule has 0 saturated carbocycles. The summed E-state index contributed by atoms with van der Waals surface area (Å²) in [6.07, 6.45) is 1.02. The molecule has 1 aromatic carbocycles. The number of aliphatic carboxylic acids is 1. The minimum atomic E-state index is -2.84. The second kappa shape index (κ2) is 7.11. The van der Waals surface area contributed by atoms with Crippen LogP contribution in [-0.2, 0) is 4.79 Å². The van der Waals surface area contributed by atoms with E-state index in [1.54, 1.807) is 24.3 Å². The van der Waals surface area contributed by atoms with Crippen molar-refractivity contribution in [2.24, 2.45) is 5.92 Å². The lowest BCUT2D eigenvalue weighted by molar-refractivity contribution is -0.141. The molecule has 1 aliphatic heterocycles. The highest BCUT2D eigenvalue weighted by Gasteiger charge is 2.41. The van der Waals surface area contributed by atoms with Gasteiger partial charge in [-0.1, -0.05) is 12.1 Å². The maximum Gasteiger partial charge on any atom is 0.333 e. The molecule has 1 aromatic heterocycles. The number of methoxy groups -OCH3 is 1. The number of carbonyl (C=O) groups excluding carboxylic acids is 1. The molecule has 1 N–H and O–H groups in total. The number of benzene rings is 1. The van der Waals surface area contributed by atoms with Crippen molar-refractivity contribution in [2.75, 3.05) is 20.2 Å². The predicted octanol–water partition coefficient (Wildman–Crippen LogP) is 2.23. The van der Waals surface area contributed by atoms with Crippen LogP contribution in [0.2, 0.25) is 0 Å². The highest BCUT2D eigenvalue weighted by atomic mass is 19.3. The summed E-state index contributed by atoms with van der Waals surface area (Å²) in [6.45, 7) is -2.70. The zero-order valence-corrected chi connectivity index (χ0v) is 13.9. The average molecular weight is 365 g/mol. The van der Waals surface area contributed by atoms with E-state index in [4.69, 9.17) is 4.74 Å². The lowest BCUT2D eigenvalue weighted by Gasteiger charge is -2.16. The standard InChI is InChI=1S/C17H17F2N3O4/c1-26-11-4-2-3-10(7-11)12-8-21(9-13(12)16(24)25)15(23)14-5-6-22(20-14)17(18)19/h2-7,12-13,17H,8-9H2,1H3,(H,24,25)/t12-,13+/m0/s1. The summed E-state index contributed by atoms with van der Waals surface area (Å²) in [4.78, 5) is 25.5. The second-order valence-corrected chi connectivity index (χ2v) is 6.00. The van der Waals surface area contributed by atoms with Crippen LogP contribution < -0.4 is 4.74 Å². The van der Waals surface area contributed by atoms with Gasteiger partial charge < -0.3 is 14.7 Å². The molecule has 0 spiro atoms. The third kappa shape index (κ3) is 3.37. The van der Waals surface area contributed by atoms with Gasteiger partial charge in [0.2, 0.25) is 0 Å². The predicted molar refractivity (Wildman–Crippen MR) is 86.2 cm³/mol. The van der Waals surface area contributed by atoms with E-state index in [9.17, 15) is 23.5 Å². The fourth-order valence-corrected chi connectivity index (χ4v) is 3.15. The summed E-state index contributed by atoms with van der Waals surface area (Å²) in [7, 11) is 1.51. The summed E-state index contributed by atoms with van der Waals surface area (Å²) in [6, 6.07) is 8.21. The van der Waals surface area contributed by atoms with Gasteiger partial charge in [0.15, 0.2) is 5.69 Å². The van der Waals surface area contributed by atoms with E-state index < -0.39 is 30.3 Å². The van der Waals surface area contributed by atoms with Gasteiger partial charge in [0.05, 0.1) is 13.0 Å². The SMILES string of the molecule is COc1cccc([C@@H]2CN(C(=O)c3ccn(C(F)F)n3)C[C@H]2C(=O)O)c1.